The highest BCUT2D eigenvalue weighted by atomic mass is 16.5. The fourth-order valence-electron chi connectivity index (χ4n) is 3.40. The van der Waals surface area contributed by atoms with Gasteiger partial charge < -0.3 is 9.42 Å². The molecule has 2 heterocycles. The Balaban J connectivity index is 1.59. The number of carbonyl (C=O) groups excluding carboxylic acids is 1. The van der Waals surface area contributed by atoms with Crippen LogP contribution in [0.4, 0.5) is 0 Å². The number of rotatable bonds is 5. The number of benzene rings is 1. The van der Waals surface area contributed by atoms with Crippen LogP contribution < -0.4 is 0 Å². The van der Waals surface area contributed by atoms with Crippen molar-refractivity contribution in [1.29, 1.82) is 0 Å². The van der Waals surface area contributed by atoms with Crippen LogP contribution in [-0.4, -0.2) is 27.5 Å². The lowest BCUT2D eigenvalue weighted by atomic mass is 9.71. The Morgan fingerprint density at radius 3 is 2.70 bits per heavy atom. The van der Waals surface area contributed by atoms with Crippen LogP contribution in [0.2, 0.25) is 0 Å². The fourth-order valence-corrected chi connectivity index (χ4v) is 3.40. The van der Waals surface area contributed by atoms with E-state index in [0.717, 1.165) is 13.0 Å². The summed E-state index contributed by atoms with van der Waals surface area (Å²) < 4.78 is 5.08. The highest BCUT2D eigenvalue weighted by molar-refractivity contribution is 5.78. The van der Waals surface area contributed by atoms with Crippen molar-refractivity contribution in [2.24, 2.45) is 5.41 Å². The molecule has 1 aromatic heterocycles. The summed E-state index contributed by atoms with van der Waals surface area (Å²) in [5.41, 5.74) is 1.34. The molecule has 1 saturated heterocycles. The van der Waals surface area contributed by atoms with Gasteiger partial charge in [-0.15, -0.1) is 0 Å². The van der Waals surface area contributed by atoms with Gasteiger partial charge in [-0.05, 0) is 18.9 Å². The van der Waals surface area contributed by atoms with E-state index in [1.54, 1.807) is 6.92 Å². The van der Waals surface area contributed by atoms with Gasteiger partial charge in [0.15, 0.2) is 5.82 Å². The number of hydrogen-bond donors (Lipinski definition) is 0. The maximum Gasteiger partial charge on any atom is 0.226 e. The van der Waals surface area contributed by atoms with Crippen molar-refractivity contribution >= 4 is 5.91 Å². The zero-order valence-electron chi connectivity index (χ0n) is 14.0. The third-order valence-corrected chi connectivity index (χ3v) is 4.42. The van der Waals surface area contributed by atoms with Crippen LogP contribution in [0.3, 0.4) is 0 Å². The number of nitrogens with zero attached hydrogens (tertiary/aromatic N) is 3. The predicted molar refractivity (Wildman–Crippen MR) is 86.7 cm³/mol. The third-order valence-electron chi connectivity index (χ3n) is 4.42. The van der Waals surface area contributed by atoms with Crippen molar-refractivity contribution in [3.63, 3.8) is 0 Å². The molecule has 2 aromatic rings. The first-order valence-corrected chi connectivity index (χ1v) is 8.11. The highest BCUT2D eigenvalue weighted by Gasteiger charge is 2.48. The van der Waals surface area contributed by atoms with Gasteiger partial charge >= 0.3 is 0 Å². The first kappa shape index (κ1) is 15.7. The van der Waals surface area contributed by atoms with Crippen LogP contribution in [0, 0.1) is 12.3 Å². The number of carbonyl (C=O) groups is 1. The highest BCUT2D eigenvalue weighted by Crippen LogP contribution is 2.48. The van der Waals surface area contributed by atoms with Crippen molar-refractivity contribution in [1.82, 2.24) is 15.0 Å². The summed E-state index contributed by atoms with van der Waals surface area (Å²) >= 11 is 0. The Morgan fingerprint density at radius 1 is 1.35 bits per heavy atom. The van der Waals surface area contributed by atoms with Gasteiger partial charge in [-0.25, -0.2) is 0 Å². The van der Waals surface area contributed by atoms with Gasteiger partial charge in [0.25, 0.3) is 0 Å². The minimum atomic E-state index is 0.126. The van der Waals surface area contributed by atoms with Gasteiger partial charge in [0.2, 0.25) is 11.8 Å². The second kappa shape index (κ2) is 6.14. The Morgan fingerprint density at radius 2 is 2.09 bits per heavy atom. The zero-order valence-corrected chi connectivity index (χ0v) is 14.0. The molecular formula is C18H23N3O2. The molecule has 0 spiro atoms. The average Bonchev–Trinajstić information content (AvgIpc) is 2.91. The quantitative estimate of drug-likeness (QED) is 0.849. The number of likely N-dealkylation sites (tertiary alicyclic amines) is 1. The molecule has 1 atom stereocenters. The number of amides is 1. The predicted octanol–water partition coefficient (Wildman–Crippen LogP) is 3.31. The van der Waals surface area contributed by atoms with E-state index >= 15 is 0 Å². The van der Waals surface area contributed by atoms with Crippen LogP contribution >= 0.6 is 0 Å². The summed E-state index contributed by atoms with van der Waals surface area (Å²) in [4.78, 5) is 18.7. The molecule has 122 valence electrons. The Labute approximate surface area is 136 Å². The lowest BCUT2D eigenvalue weighted by molar-refractivity contribution is -0.152. The molecule has 0 aliphatic carbocycles. The van der Waals surface area contributed by atoms with Gasteiger partial charge in [-0.3, -0.25) is 4.79 Å². The average molecular weight is 313 g/mol. The summed E-state index contributed by atoms with van der Waals surface area (Å²) in [7, 11) is 0. The molecule has 5 heteroatoms. The maximum atomic E-state index is 12.6. The van der Waals surface area contributed by atoms with Crippen LogP contribution in [0.25, 0.3) is 0 Å². The molecule has 1 amide bonds. The second-order valence-electron chi connectivity index (χ2n) is 6.91. The molecule has 23 heavy (non-hydrogen) atoms. The largest absolute Gasteiger partial charge is 0.339 e. The summed E-state index contributed by atoms with van der Waals surface area (Å²) in [6.45, 7) is 7.04. The summed E-state index contributed by atoms with van der Waals surface area (Å²) in [6.07, 6.45) is 1.90. The van der Waals surface area contributed by atoms with E-state index in [4.69, 9.17) is 4.52 Å². The molecule has 1 aliphatic rings. The van der Waals surface area contributed by atoms with E-state index in [-0.39, 0.29) is 17.4 Å². The van der Waals surface area contributed by atoms with Gasteiger partial charge in [-0.1, -0.05) is 49.3 Å². The van der Waals surface area contributed by atoms with Crippen molar-refractivity contribution in [2.75, 3.05) is 6.54 Å². The Kier molecular flexibility index (Phi) is 4.20. The van der Waals surface area contributed by atoms with Crippen molar-refractivity contribution in [3.05, 3.63) is 47.6 Å². The van der Waals surface area contributed by atoms with Crippen molar-refractivity contribution < 1.29 is 9.32 Å². The third kappa shape index (κ3) is 3.28. The number of aromatic nitrogens is 2. The standard InChI is InChI=1S/C18H23N3O2/c1-13-19-15(23-20-13)10-7-11-16(22)21-12-18(2,3)17(21)14-8-5-4-6-9-14/h4-6,8-9,17H,7,10-12H2,1-3H3/t17-/m1/s1. The van der Waals surface area contributed by atoms with E-state index < -0.39 is 0 Å². The lowest BCUT2D eigenvalue weighted by Gasteiger charge is -2.54. The fraction of sp³-hybridized carbons (Fsp3) is 0.500. The van der Waals surface area contributed by atoms with E-state index in [2.05, 4.69) is 36.1 Å². The molecule has 1 aromatic carbocycles. The SMILES string of the molecule is Cc1noc(CCCC(=O)N2CC(C)(C)[C@H]2c2ccccc2)n1. The Hall–Kier alpha value is -2.17. The summed E-state index contributed by atoms with van der Waals surface area (Å²) in [5, 5.41) is 3.77. The molecule has 3 rings (SSSR count). The van der Waals surface area contributed by atoms with Crippen LogP contribution in [0.5, 0.6) is 0 Å². The molecule has 0 N–H and O–H groups in total. The van der Waals surface area contributed by atoms with Gasteiger partial charge in [0.1, 0.15) is 0 Å². The van der Waals surface area contributed by atoms with Crippen molar-refractivity contribution in [3.8, 4) is 0 Å². The molecule has 1 aliphatic heterocycles. The summed E-state index contributed by atoms with van der Waals surface area (Å²) in [6, 6.07) is 10.4. The number of hydrogen-bond acceptors (Lipinski definition) is 4. The van der Waals surface area contributed by atoms with Crippen molar-refractivity contribution in [2.45, 2.75) is 46.1 Å². The Bertz CT molecular complexity index is 679. The molecule has 0 saturated carbocycles. The number of aryl methyl sites for hydroxylation is 2. The molecular weight excluding hydrogens is 290 g/mol. The maximum absolute atomic E-state index is 12.6. The minimum absolute atomic E-state index is 0.126. The monoisotopic (exact) mass is 313 g/mol. The van der Waals surface area contributed by atoms with E-state index in [1.807, 2.05) is 23.1 Å². The van der Waals surface area contributed by atoms with E-state index in [0.29, 0.717) is 24.6 Å². The molecule has 0 radical (unpaired) electrons. The lowest BCUT2D eigenvalue weighted by Crippen LogP contribution is -2.57. The van der Waals surface area contributed by atoms with Crippen LogP contribution in [-0.2, 0) is 11.2 Å². The molecule has 0 bridgehead atoms. The van der Waals surface area contributed by atoms with Crippen LogP contribution in [0.1, 0.15) is 50.0 Å². The second-order valence-corrected chi connectivity index (χ2v) is 6.91. The summed E-state index contributed by atoms with van der Waals surface area (Å²) in [5.74, 6) is 1.45. The minimum Gasteiger partial charge on any atom is -0.339 e. The van der Waals surface area contributed by atoms with E-state index in [1.165, 1.54) is 5.56 Å². The van der Waals surface area contributed by atoms with Gasteiger partial charge in [-0.2, -0.15) is 4.98 Å². The zero-order chi connectivity index (χ0) is 16.4. The topological polar surface area (TPSA) is 59.2 Å². The first-order chi connectivity index (χ1) is 11.0. The smallest absolute Gasteiger partial charge is 0.226 e. The van der Waals surface area contributed by atoms with Gasteiger partial charge in [0, 0.05) is 24.8 Å². The first-order valence-electron chi connectivity index (χ1n) is 8.11. The van der Waals surface area contributed by atoms with Gasteiger partial charge in [0.05, 0.1) is 6.04 Å². The molecule has 0 unspecified atom stereocenters. The van der Waals surface area contributed by atoms with E-state index in [9.17, 15) is 4.79 Å². The molecule has 1 fully saturated rings. The molecule has 5 nitrogen and oxygen atoms in total. The normalized spacial score (nSPS) is 19.4. The van der Waals surface area contributed by atoms with Crippen LogP contribution in [0.15, 0.2) is 34.9 Å².